The van der Waals surface area contributed by atoms with Crippen LogP contribution in [0, 0.1) is 12.7 Å². The van der Waals surface area contributed by atoms with Crippen molar-refractivity contribution in [2.75, 3.05) is 13.1 Å². The molecule has 0 saturated carbocycles. The fourth-order valence-corrected chi connectivity index (χ4v) is 7.44. The van der Waals surface area contributed by atoms with Gasteiger partial charge in [0.2, 0.25) is 8.87 Å². The Morgan fingerprint density at radius 3 is 2.36 bits per heavy atom. The van der Waals surface area contributed by atoms with Gasteiger partial charge in [0.15, 0.2) is 0 Å². The van der Waals surface area contributed by atoms with E-state index in [4.69, 9.17) is 0 Å². The van der Waals surface area contributed by atoms with Crippen LogP contribution in [0.1, 0.15) is 49.8 Å². The van der Waals surface area contributed by atoms with Crippen molar-refractivity contribution >= 4 is 19.7 Å². The zero-order chi connectivity index (χ0) is 20.1. The summed E-state index contributed by atoms with van der Waals surface area (Å²) in [5.41, 5.74) is 1.80. The van der Waals surface area contributed by atoms with Crippen molar-refractivity contribution in [1.29, 1.82) is 0 Å². The Bertz CT molecular complexity index is 876. The molecule has 152 valence electrons. The molecule has 1 unspecified atom stereocenters. The van der Waals surface area contributed by atoms with Gasteiger partial charge < -0.3 is 0 Å². The molecule has 0 N–H and O–H groups in total. The van der Waals surface area contributed by atoms with Crippen LogP contribution >= 0.6 is 10.8 Å². The fraction of sp³-hybridized carbons (Fsp3) is 0.455. The Labute approximate surface area is 171 Å². The Kier molecular flexibility index (Phi) is 7.18. The van der Waals surface area contributed by atoms with Crippen molar-refractivity contribution < 1.29 is 12.8 Å². The average Bonchev–Trinajstić information content (AvgIpc) is 2.68. The van der Waals surface area contributed by atoms with Gasteiger partial charge in [-0.2, -0.15) is 0 Å². The molecule has 1 atom stereocenters. The third kappa shape index (κ3) is 5.16. The monoisotopic (exact) mass is 421 g/mol. The van der Waals surface area contributed by atoms with Gasteiger partial charge in [-0.15, -0.1) is 0 Å². The van der Waals surface area contributed by atoms with Crippen LogP contribution in [0.15, 0.2) is 53.4 Å². The van der Waals surface area contributed by atoms with Crippen molar-refractivity contribution in [3.63, 3.8) is 0 Å². The topological polar surface area (TPSA) is 37.4 Å². The van der Waals surface area contributed by atoms with E-state index in [1.807, 2.05) is 31.2 Å². The standard InChI is InChI=1S/C22H28FNO2S2/c1-3-6-22(20-7-4-5-8-21(20)23)24-15-13-18(14-16-24)27-28(25,26)19-11-9-17(2)10-12-19/h4-5,7-12,18,22H,3,6,13-16H2,1-2H3. The van der Waals surface area contributed by atoms with Crippen LogP contribution in [0.3, 0.4) is 0 Å². The maximum absolute atomic E-state index is 14.3. The van der Waals surface area contributed by atoms with Gasteiger partial charge in [-0.3, -0.25) is 4.90 Å². The van der Waals surface area contributed by atoms with E-state index in [2.05, 4.69) is 11.8 Å². The van der Waals surface area contributed by atoms with Gasteiger partial charge in [0.1, 0.15) is 5.82 Å². The lowest BCUT2D eigenvalue weighted by Gasteiger charge is -2.37. The van der Waals surface area contributed by atoms with Gasteiger partial charge in [0.25, 0.3) is 0 Å². The Morgan fingerprint density at radius 2 is 1.75 bits per heavy atom. The molecule has 6 heteroatoms. The lowest BCUT2D eigenvalue weighted by Crippen LogP contribution is -2.38. The SMILES string of the molecule is CCCC(c1ccccc1F)N1CCC(SS(=O)(=O)c2ccc(C)cc2)CC1. The van der Waals surface area contributed by atoms with Gasteiger partial charge >= 0.3 is 0 Å². The van der Waals surface area contributed by atoms with Gasteiger partial charge in [0.05, 0.1) is 4.90 Å². The molecule has 0 spiro atoms. The Hall–Kier alpha value is -1.37. The molecular weight excluding hydrogens is 393 g/mol. The molecule has 28 heavy (non-hydrogen) atoms. The summed E-state index contributed by atoms with van der Waals surface area (Å²) < 4.78 is 39.7. The molecule has 0 aromatic heterocycles. The molecule has 3 nitrogen and oxygen atoms in total. The maximum Gasteiger partial charge on any atom is 0.230 e. The van der Waals surface area contributed by atoms with Crippen LogP contribution in [-0.4, -0.2) is 31.7 Å². The number of halogens is 1. The first kappa shape index (κ1) is 21.3. The van der Waals surface area contributed by atoms with E-state index in [1.165, 1.54) is 6.07 Å². The molecule has 2 aromatic rings. The number of piperidine rings is 1. The number of aryl methyl sites for hydroxylation is 1. The zero-order valence-electron chi connectivity index (χ0n) is 16.5. The largest absolute Gasteiger partial charge is 0.296 e. The predicted octanol–water partition coefficient (Wildman–Crippen LogP) is 5.56. The molecule has 1 saturated heterocycles. The second-order valence-corrected chi connectivity index (χ2v) is 11.6. The highest BCUT2D eigenvalue weighted by atomic mass is 33.1. The Morgan fingerprint density at radius 1 is 1.11 bits per heavy atom. The van der Waals surface area contributed by atoms with Crippen molar-refractivity contribution in [2.45, 2.75) is 55.7 Å². The summed E-state index contributed by atoms with van der Waals surface area (Å²) in [7, 11) is -2.27. The molecule has 0 bridgehead atoms. The third-order valence-electron chi connectivity index (χ3n) is 5.32. The van der Waals surface area contributed by atoms with E-state index in [-0.39, 0.29) is 17.1 Å². The van der Waals surface area contributed by atoms with Crippen molar-refractivity contribution in [3.05, 3.63) is 65.5 Å². The predicted molar refractivity (Wildman–Crippen MR) is 115 cm³/mol. The molecule has 1 heterocycles. The fourth-order valence-electron chi connectivity index (χ4n) is 3.78. The molecule has 1 aliphatic rings. The van der Waals surface area contributed by atoms with E-state index >= 15 is 0 Å². The smallest absolute Gasteiger partial charge is 0.230 e. The number of benzene rings is 2. The quantitative estimate of drug-likeness (QED) is 0.548. The minimum atomic E-state index is -3.35. The highest BCUT2D eigenvalue weighted by Crippen LogP contribution is 2.36. The summed E-state index contributed by atoms with van der Waals surface area (Å²) >= 11 is 0. The minimum absolute atomic E-state index is 0.0610. The number of rotatable bonds is 7. The van der Waals surface area contributed by atoms with Crippen molar-refractivity contribution in [3.8, 4) is 0 Å². The summed E-state index contributed by atoms with van der Waals surface area (Å²) in [6.45, 7) is 5.65. The molecule has 0 aliphatic carbocycles. The van der Waals surface area contributed by atoms with E-state index in [1.54, 1.807) is 18.2 Å². The Balaban J connectivity index is 1.64. The molecule has 1 aliphatic heterocycles. The number of likely N-dealkylation sites (tertiary alicyclic amines) is 1. The second-order valence-electron chi connectivity index (χ2n) is 7.42. The van der Waals surface area contributed by atoms with E-state index in [9.17, 15) is 12.8 Å². The molecule has 0 radical (unpaired) electrons. The number of hydrogen-bond donors (Lipinski definition) is 0. The van der Waals surface area contributed by atoms with Crippen LogP contribution in [0.5, 0.6) is 0 Å². The first-order chi connectivity index (χ1) is 13.4. The summed E-state index contributed by atoms with van der Waals surface area (Å²) in [6.07, 6.45) is 3.48. The number of hydrogen-bond acceptors (Lipinski definition) is 4. The van der Waals surface area contributed by atoms with Crippen molar-refractivity contribution in [2.24, 2.45) is 0 Å². The number of nitrogens with zero attached hydrogens (tertiary/aromatic N) is 1. The summed E-state index contributed by atoms with van der Waals surface area (Å²) in [5, 5.41) is 0.0745. The minimum Gasteiger partial charge on any atom is -0.296 e. The summed E-state index contributed by atoms with van der Waals surface area (Å²) in [5.74, 6) is -0.153. The van der Waals surface area contributed by atoms with E-state index in [0.717, 1.165) is 60.7 Å². The van der Waals surface area contributed by atoms with E-state index in [0.29, 0.717) is 4.90 Å². The highest BCUT2D eigenvalue weighted by molar-refractivity contribution is 8.72. The van der Waals surface area contributed by atoms with Gasteiger partial charge in [-0.05, 0) is 68.3 Å². The third-order valence-corrected chi connectivity index (χ3v) is 9.32. The molecule has 1 fully saturated rings. The molecule has 3 rings (SSSR count). The second kappa shape index (κ2) is 9.42. The zero-order valence-corrected chi connectivity index (χ0v) is 18.1. The lowest BCUT2D eigenvalue weighted by atomic mass is 9.97. The van der Waals surface area contributed by atoms with Crippen LogP contribution in [0.4, 0.5) is 4.39 Å². The summed E-state index contributed by atoms with van der Waals surface area (Å²) in [6, 6.07) is 14.1. The summed E-state index contributed by atoms with van der Waals surface area (Å²) in [4.78, 5) is 2.69. The molecule has 2 aromatic carbocycles. The first-order valence-electron chi connectivity index (χ1n) is 9.89. The maximum atomic E-state index is 14.3. The average molecular weight is 422 g/mol. The van der Waals surface area contributed by atoms with Gasteiger partial charge in [-0.1, -0.05) is 49.2 Å². The first-order valence-corrected chi connectivity index (χ1v) is 12.8. The van der Waals surface area contributed by atoms with Crippen molar-refractivity contribution in [1.82, 2.24) is 4.90 Å². The van der Waals surface area contributed by atoms with Crippen LogP contribution in [0.2, 0.25) is 0 Å². The normalized spacial score (nSPS) is 17.5. The van der Waals surface area contributed by atoms with Crippen LogP contribution in [0.25, 0.3) is 0 Å². The van der Waals surface area contributed by atoms with Gasteiger partial charge in [0, 0.05) is 16.9 Å². The van der Waals surface area contributed by atoms with Gasteiger partial charge in [-0.25, -0.2) is 12.8 Å². The van der Waals surface area contributed by atoms with E-state index < -0.39 is 8.87 Å². The lowest BCUT2D eigenvalue weighted by molar-refractivity contribution is 0.155. The van der Waals surface area contributed by atoms with Crippen LogP contribution in [-0.2, 0) is 8.87 Å². The highest BCUT2D eigenvalue weighted by Gasteiger charge is 2.30. The van der Waals surface area contributed by atoms with Crippen LogP contribution < -0.4 is 0 Å². The molecule has 0 amide bonds. The molecular formula is C22H28FNO2S2.